The predicted molar refractivity (Wildman–Crippen MR) is 77.3 cm³/mol. The molecule has 96 valence electrons. The Balaban J connectivity index is 2.56. The van der Waals surface area contributed by atoms with Crippen LogP contribution in [0.2, 0.25) is 0 Å². The van der Waals surface area contributed by atoms with Gasteiger partial charge in [0.1, 0.15) is 11.0 Å². The van der Waals surface area contributed by atoms with E-state index in [4.69, 9.17) is 6.42 Å². The summed E-state index contributed by atoms with van der Waals surface area (Å²) in [6, 6.07) is 18.3. The normalized spacial score (nSPS) is 11.2. The third-order valence-electron chi connectivity index (χ3n) is 2.85. The van der Waals surface area contributed by atoms with Crippen LogP contribution >= 0.6 is 0 Å². The first-order valence-electron chi connectivity index (χ1n) is 5.90. The molecule has 0 fully saturated rings. The number of rotatable bonds is 4. The second-order valence-corrected chi connectivity index (χ2v) is 6.30. The van der Waals surface area contributed by atoms with E-state index in [1.807, 2.05) is 60.7 Å². The lowest BCUT2D eigenvalue weighted by Gasteiger charge is -2.17. The Hall–Kier alpha value is -2.05. The van der Waals surface area contributed by atoms with Gasteiger partial charge in [-0.15, -0.1) is 6.42 Å². The van der Waals surface area contributed by atoms with Crippen molar-refractivity contribution in [3.8, 4) is 12.3 Å². The maximum Gasteiger partial charge on any atom is 0.172 e. The molecule has 3 heteroatoms. The van der Waals surface area contributed by atoms with Crippen LogP contribution in [0, 0.1) is 12.3 Å². The number of hydrogen-bond donors (Lipinski definition) is 0. The molecule has 0 unspecified atom stereocenters. The molecule has 0 bridgehead atoms. The first kappa shape index (κ1) is 13.4. The van der Waals surface area contributed by atoms with Crippen molar-refractivity contribution in [2.75, 3.05) is 5.75 Å². The maximum atomic E-state index is 12.4. The van der Waals surface area contributed by atoms with E-state index in [9.17, 15) is 8.42 Å². The van der Waals surface area contributed by atoms with Crippen molar-refractivity contribution in [1.29, 1.82) is 0 Å². The molecule has 0 N–H and O–H groups in total. The molecule has 0 amide bonds. The molecular weight excluding hydrogens is 256 g/mol. The van der Waals surface area contributed by atoms with E-state index in [0.29, 0.717) is 0 Å². The number of benzene rings is 2. The molecule has 0 aliphatic rings. The van der Waals surface area contributed by atoms with Crippen molar-refractivity contribution >= 4 is 9.84 Å². The second-order valence-electron chi connectivity index (χ2n) is 4.21. The number of hydrogen-bond acceptors (Lipinski definition) is 2. The summed E-state index contributed by atoms with van der Waals surface area (Å²) in [6.45, 7) is 0. The first-order chi connectivity index (χ1) is 9.15. The fraction of sp³-hybridized carbons (Fsp3) is 0.125. The van der Waals surface area contributed by atoms with Gasteiger partial charge in [0.25, 0.3) is 0 Å². The Kier molecular flexibility index (Phi) is 4.03. The molecule has 0 atom stereocenters. The molecule has 2 aromatic rings. The molecule has 0 saturated carbocycles. The lowest BCUT2D eigenvalue weighted by atomic mass is 10.0. The highest BCUT2D eigenvalue weighted by Gasteiger charge is 2.27. The summed E-state index contributed by atoms with van der Waals surface area (Å²) in [5.41, 5.74) is 1.48. The van der Waals surface area contributed by atoms with Gasteiger partial charge in [-0.05, 0) is 11.1 Å². The lowest BCUT2D eigenvalue weighted by molar-refractivity contribution is 0.592. The minimum absolute atomic E-state index is 0.262. The Bertz CT molecular complexity index is 628. The van der Waals surface area contributed by atoms with Gasteiger partial charge in [-0.25, -0.2) is 8.42 Å². The van der Waals surface area contributed by atoms with Gasteiger partial charge >= 0.3 is 0 Å². The van der Waals surface area contributed by atoms with Gasteiger partial charge in [-0.3, -0.25) is 0 Å². The summed E-state index contributed by atoms with van der Waals surface area (Å²) in [4.78, 5) is 0. The van der Waals surface area contributed by atoms with Crippen LogP contribution < -0.4 is 0 Å². The number of sulfone groups is 1. The van der Waals surface area contributed by atoms with Crippen molar-refractivity contribution in [2.24, 2.45) is 0 Å². The van der Waals surface area contributed by atoms with E-state index in [1.165, 1.54) is 0 Å². The zero-order chi connectivity index (χ0) is 13.7. The Morgan fingerprint density at radius 2 is 1.32 bits per heavy atom. The van der Waals surface area contributed by atoms with E-state index < -0.39 is 15.1 Å². The largest absolute Gasteiger partial charge is 0.227 e. The van der Waals surface area contributed by atoms with E-state index >= 15 is 0 Å². The molecular formula is C16H14O2S. The fourth-order valence-corrected chi connectivity index (χ4v) is 3.60. The van der Waals surface area contributed by atoms with Crippen LogP contribution in [-0.4, -0.2) is 14.2 Å². The van der Waals surface area contributed by atoms with Crippen LogP contribution in [0.3, 0.4) is 0 Å². The van der Waals surface area contributed by atoms with E-state index in [2.05, 4.69) is 5.92 Å². The molecule has 0 aromatic heterocycles. The zero-order valence-corrected chi connectivity index (χ0v) is 11.2. The van der Waals surface area contributed by atoms with Crippen LogP contribution in [0.25, 0.3) is 0 Å². The molecule has 0 aliphatic carbocycles. The van der Waals surface area contributed by atoms with Gasteiger partial charge in [0.15, 0.2) is 9.84 Å². The van der Waals surface area contributed by atoms with Gasteiger partial charge in [0.2, 0.25) is 0 Å². The molecule has 0 radical (unpaired) electrons. The quantitative estimate of drug-likeness (QED) is 0.801. The fourth-order valence-electron chi connectivity index (χ4n) is 2.06. The zero-order valence-electron chi connectivity index (χ0n) is 10.4. The van der Waals surface area contributed by atoms with Crippen LogP contribution in [-0.2, 0) is 9.84 Å². The van der Waals surface area contributed by atoms with Gasteiger partial charge < -0.3 is 0 Å². The van der Waals surface area contributed by atoms with Crippen molar-refractivity contribution in [1.82, 2.24) is 0 Å². The van der Waals surface area contributed by atoms with Crippen LogP contribution in [0.1, 0.15) is 16.4 Å². The molecule has 0 heterocycles. The molecule has 2 aromatic carbocycles. The van der Waals surface area contributed by atoms with Crippen LogP contribution in [0.4, 0.5) is 0 Å². The highest BCUT2D eigenvalue weighted by atomic mass is 32.2. The summed E-state index contributed by atoms with van der Waals surface area (Å²) >= 11 is 0. The molecule has 0 spiro atoms. The van der Waals surface area contributed by atoms with Crippen LogP contribution in [0.5, 0.6) is 0 Å². The summed E-state index contributed by atoms with van der Waals surface area (Å²) in [5.74, 6) is 1.98. The molecule has 0 aliphatic heterocycles. The molecule has 2 nitrogen and oxygen atoms in total. The highest BCUT2D eigenvalue weighted by Crippen LogP contribution is 2.30. The highest BCUT2D eigenvalue weighted by molar-refractivity contribution is 7.92. The summed E-state index contributed by atoms with van der Waals surface area (Å²) in [5, 5.41) is -0.703. The average molecular weight is 270 g/mol. The average Bonchev–Trinajstić information content (AvgIpc) is 2.41. The summed E-state index contributed by atoms with van der Waals surface area (Å²) in [6.07, 6.45) is 5.18. The predicted octanol–water partition coefficient (Wildman–Crippen LogP) is 2.82. The second kappa shape index (κ2) is 5.73. The van der Waals surface area contributed by atoms with E-state index in [0.717, 1.165) is 11.1 Å². The van der Waals surface area contributed by atoms with Gasteiger partial charge in [0, 0.05) is 0 Å². The van der Waals surface area contributed by atoms with Crippen molar-refractivity contribution < 1.29 is 8.42 Å². The monoisotopic (exact) mass is 270 g/mol. The van der Waals surface area contributed by atoms with Crippen molar-refractivity contribution in [2.45, 2.75) is 5.25 Å². The topological polar surface area (TPSA) is 34.1 Å². The molecule has 0 saturated heterocycles. The minimum atomic E-state index is -3.41. The third kappa shape index (κ3) is 3.04. The third-order valence-corrected chi connectivity index (χ3v) is 4.68. The maximum absolute atomic E-state index is 12.4. The number of terminal acetylenes is 1. The minimum Gasteiger partial charge on any atom is -0.227 e. The SMILES string of the molecule is C#CCS(=O)(=O)C(c1ccccc1)c1ccccc1. The Labute approximate surface area is 114 Å². The van der Waals surface area contributed by atoms with Crippen LogP contribution in [0.15, 0.2) is 60.7 Å². The smallest absolute Gasteiger partial charge is 0.172 e. The van der Waals surface area contributed by atoms with E-state index in [1.54, 1.807) is 0 Å². The molecule has 19 heavy (non-hydrogen) atoms. The Morgan fingerprint density at radius 3 is 1.68 bits per heavy atom. The van der Waals surface area contributed by atoms with Gasteiger partial charge in [-0.1, -0.05) is 66.6 Å². The standard InChI is InChI=1S/C16H14O2S/c1-2-13-19(17,18)16(14-9-5-3-6-10-14)15-11-7-4-8-12-15/h1,3-12,16H,13H2. The summed E-state index contributed by atoms with van der Waals surface area (Å²) in [7, 11) is -3.41. The van der Waals surface area contributed by atoms with Gasteiger partial charge in [0.05, 0.1) is 0 Å². The Morgan fingerprint density at radius 1 is 0.895 bits per heavy atom. The lowest BCUT2D eigenvalue weighted by Crippen LogP contribution is -2.17. The van der Waals surface area contributed by atoms with E-state index in [-0.39, 0.29) is 5.75 Å². The van der Waals surface area contributed by atoms with Gasteiger partial charge in [-0.2, -0.15) is 0 Å². The van der Waals surface area contributed by atoms with Crippen molar-refractivity contribution in [3.05, 3.63) is 71.8 Å². The summed E-state index contributed by atoms with van der Waals surface area (Å²) < 4.78 is 24.8. The van der Waals surface area contributed by atoms with Crippen molar-refractivity contribution in [3.63, 3.8) is 0 Å². The first-order valence-corrected chi connectivity index (χ1v) is 7.61. The molecule has 2 rings (SSSR count).